The van der Waals surface area contributed by atoms with Crippen molar-refractivity contribution >= 4 is 5.91 Å². The van der Waals surface area contributed by atoms with Crippen LogP contribution in [-0.4, -0.2) is 51.0 Å². The zero-order valence-electron chi connectivity index (χ0n) is 11.0. The van der Waals surface area contributed by atoms with Crippen LogP contribution >= 0.6 is 0 Å². The minimum Gasteiger partial charge on any atom is -0.379 e. The zero-order chi connectivity index (χ0) is 12.7. The van der Waals surface area contributed by atoms with Crippen LogP contribution in [0, 0.1) is 5.92 Å². The molecular weight excluding hydrogens is 220 g/mol. The summed E-state index contributed by atoms with van der Waals surface area (Å²) in [7, 11) is 0. The Morgan fingerprint density at radius 3 is 2.71 bits per heavy atom. The van der Waals surface area contributed by atoms with Gasteiger partial charge >= 0.3 is 0 Å². The maximum absolute atomic E-state index is 11.4. The number of hydrogen-bond acceptors (Lipinski definition) is 4. The van der Waals surface area contributed by atoms with E-state index in [0.717, 1.165) is 19.7 Å². The lowest BCUT2D eigenvalue weighted by molar-refractivity contribution is -0.136. The monoisotopic (exact) mass is 244 g/mol. The summed E-state index contributed by atoms with van der Waals surface area (Å²) in [5.41, 5.74) is -0.161. The van der Waals surface area contributed by atoms with E-state index in [2.05, 4.69) is 24.5 Å². The number of carbonyl (C=O) groups excluding carboxylic acids is 1. The summed E-state index contributed by atoms with van der Waals surface area (Å²) in [5, 5.41) is 5.89. The maximum atomic E-state index is 11.4. The van der Waals surface area contributed by atoms with E-state index >= 15 is 0 Å². The summed E-state index contributed by atoms with van der Waals surface area (Å²) in [6.07, 6.45) is 0. The van der Waals surface area contributed by atoms with E-state index in [1.807, 2.05) is 6.92 Å². The van der Waals surface area contributed by atoms with E-state index in [4.69, 9.17) is 9.47 Å². The van der Waals surface area contributed by atoms with Gasteiger partial charge in [-0.1, -0.05) is 13.8 Å². The van der Waals surface area contributed by atoms with Crippen LogP contribution in [0.15, 0.2) is 0 Å². The van der Waals surface area contributed by atoms with Crippen LogP contribution in [0.1, 0.15) is 20.8 Å². The molecule has 0 aliphatic carbocycles. The molecule has 1 aliphatic rings. The summed E-state index contributed by atoms with van der Waals surface area (Å²) in [6, 6.07) is 0. The van der Waals surface area contributed by atoms with Gasteiger partial charge in [-0.25, -0.2) is 0 Å². The van der Waals surface area contributed by atoms with Gasteiger partial charge in [-0.15, -0.1) is 0 Å². The second kappa shape index (κ2) is 6.93. The van der Waals surface area contributed by atoms with E-state index in [0.29, 0.717) is 19.1 Å². The van der Waals surface area contributed by atoms with Crippen molar-refractivity contribution in [1.29, 1.82) is 0 Å². The van der Waals surface area contributed by atoms with Crippen molar-refractivity contribution in [2.45, 2.75) is 26.4 Å². The molecule has 5 heteroatoms. The minimum atomic E-state index is -0.161. The fourth-order valence-corrected chi connectivity index (χ4v) is 1.45. The molecule has 1 heterocycles. The third-order valence-corrected chi connectivity index (χ3v) is 2.57. The van der Waals surface area contributed by atoms with E-state index in [1.54, 1.807) is 0 Å². The number of rotatable bonds is 8. The van der Waals surface area contributed by atoms with Crippen molar-refractivity contribution in [2.75, 3.05) is 39.5 Å². The molecule has 17 heavy (non-hydrogen) atoms. The Kier molecular flexibility index (Phi) is 5.88. The average Bonchev–Trinajstić information content (AvgIpc) is 2.23. The smallest absolute Gasteiger partial charge is 0.246 e. The Morgan fingerprint density at radius 2 is 2.18 bits per heavy atom. The molecule has 1 saturated heterocycles. The first kappa shape index (κ1) is 14.4. The van der Waals surface area contributed by atoms with E-state index < -0.39 is 0 Å². The SMILES string of the molecule is CC(C)COCCNC(=O)COC1(C)CNC1. The van der Waals surface area contributed by atoms with Gasteiger partial charge in [0.1, 0.15) is 6.61 Å². The first-order valence-corrected chi connectivity index (χ1v) is 6.21. The van der Waals surface area contributed by atoms with Gasteiger partial charge in [-0.3, -0.25) is 4.79 Å². The molecule has 0 unspecified atom stereocenters. The highest BCUT2D eigenvalue weighted by molar-refractivity contribution is 5.77. The first-order valence-electron chi connectivity index (χ1n) is 6.21. The number of nitrogens with one attached hydrogen (secondary N) is 2. The fraction of sp³-hybridized carbons (Fsp3) is 0.917. The van der Waals surface area contributed by atoms with Crippen LogP contribution in [-0.2, 0) is 14.3 Å². The lowest BCUT2D eigenvalue weighted by Gasteiger charge is -2.38. The van der Waals surface area contributed by atoms with Crippen molar-refractivity contribution in [3.8, 4) is 0 Å². The molecule has 0 aromatic rings. The fourth-order valence-electron chi connectivity index (χ4n) is 1.45. The lowest BCUT2D eigenvalue weighted by atomic mass is 10.0. The summed E-state index contributed by atoms with van der Waals surface area (Å²) in [4.78, 5) is 11.4. The molecule has 1 rings (SSSR count). The van der Waals surface area contributed by atoms with Gasteiger partial charge in [-0.05, 0) is 12.8 Å². The van der Waals surface area contributed by atoms with Crippen molar-refractivity contribution in [3.05, 3.63) is 0 Å². The normalized spacial score (nSPS) is 17.9. The van der Waals surface area contributed by atoms with Crippen LogP contribution < -0.4 is 10.6 Å². The number of amides is 1. The van der Waals surface area contributed by atoms with Crippen molar-refractivity contribution in [3.63, 3.8) is 0 Å². The topological polar surface area (TPSA) is 59.6 Å². The highest BCUT2D eigenvalue weighted by atomic mass is 16.5. The highest BCUT2D eigenvalue weighted by Gasteiger charge is 2.32. The molecule has 0 saturated carbocycles. The van der Waals surface area contributed by atoms with E-state index in [1.165, 1.54) is 0 Å². The molecule has 0 atom stereocenters. The van der Waals surface area contributed by atoms with E-state index in [-0.39, 0.29) is 18.1 Å². The Balaban J connectivity index is 1.94. The Morgan fingerprint density at radius 1 is 1.47 bits per heavy atom. The standard InChI is InChI=1S/C12H24N2O3/c1-10(2)6-16-5-4-14-11(15)7-17-12(3)8-13-9-12/h10,13H,4-9H2,1-3H3,(H,14,15). The third-order valence-electron chi connectivity index (χ3n) is 2.57. The van der Waals surface area contributed by atoms with Gasteiger partial charge in [0.15, 0.2) is 0 Å². The molecule has 0 aromatic carbocycles. The maximum Gasteiger partial charge on any atom is 0.246 e. The van der Waals surface area contributed by atoms with Gasteiger partial charge < -0.3 is 20.1 Å². The quantitative estimate of drug-likeness (QED) is 0.597. The largest absolute Gasteiger partial charge is 0.379 e. The average molecular weight is 244 g/mol. The predicted molar refractivity (Wildman–Crippen MR) is 65.9 cm³/mol. The zero-order valence-corrected chi connectivity index (χ0v) is 11.0. The van der Waals surface area contributed by atoms with Crippen LogP contribution in [0.2, 0.25) is 0 Å². The Hall–Kier alpha value is -0.650. The summed E-state index contributed by atoms with van der Waals surface area (Å²) in [5.74, 6) is 0.450. The first-order chi connectivity index (χ1) is 8.02. The van der Waals surface area contributed by atoms with Crippen LogP contribution in [0.5, 0.6) is 0 Å². The summed E-state index contributed by atoms with van der Waals surface area (Å²) < 4.78 is 10.9. The van der Waals surface area contributed by atoms with Gasteiger partial charge in [0.05, 0.1) is 12.2 Å². The molecule has 1 amide bonds. The highest BCUT2D eigenvalue weighted by Crippen LogP contribution is 2.14. The molecule has 2 N–H and O–H groups in total. The Bertz CT molecular complexity index is 240. The molecular formula is C12H24N2O3. The molecule has 0 spiro atoms. The molecule has 100 valence electrons. The second-order valence-electron chi connectivity index (χ2n) is 5.16. The summed E-state index contributed by atoms with van der Waals surface area (Å²) >= 11 is 0. The van der Waals surface area contributed by atoms with Crippen LogP contribution in [0.3, 0.4) is 0 Å². The van der Waals surface area contributed by atoms with E-state index in [9.17, 15) is 4.79 Å². The predicted octanol–water partition coefficient (Wildman–Crippen LogP) is 0.154. The molecule has 5 nitrogen and oxygen atoms in total. The molecule has 0 aromatic heterocycles. The van der Waals surface area contributed by atoms with Crippen molar-refractivity contribution in [2.24, 2.45) is 5.92 Å². The number of ether oxygens (including phenoxy) is 2. The number of carbonyl (C=O) groups is 1. The van der Waals surface area contributed by atoms with Crippen molar-refractivity contribution < 1.29 is 14.3 Å². The summed E-state index contributed by atoms with van der Waals surface area (Å²) in [6.45, 7) is 9.79. The second-order valence-corrected chi connectivity index (χ2v) is 5.16. The van der Waals surface area contributed by atoms with Crippen LogP contribution in [0.25, 0.3) is 0 Å². The number of hydrogen-bond donors (Lipinski definition) is 2. The van der Waals surface area contributed by atoms with Crippen molar-refractivity contribution in [1.82, 2.24) is 10.6 Å². The van der Waals surface area contributed by atoms with Gasteiger partial charge in [0.25, 0.3) is 0 Å². The minimum absolute atomic E-state index is 0.0775. The molecule has 1 aliphatic heterocycles. The lowest BCUT2D eigenvalue weighted by Crippen LogP contribution is -2.59. The molecule has 0 bridgehead atoms. The van der Waals surface area contributed by atoms with Gasteiger partial charge in [-0.2, -0.15) is 0 Å². The van der Waals surface area contributed by atoms with Crippen LogP contribution in [0.4, 0.5) is 0 Å². The third kappa shape index (κ3) is 6.00. The van der Waals surface area contributed by atoms with Gasteiger partial charge in [0, 0.05) is 26.2 Å². The molecule has 0 radical (unpaired) electrons. The molecule has 1 fully saturated rings. The Labute approximate surface area is 103 Å². The van der Waals surface area contributed by atoms with Gasteiger partial charge in [0.2, 0.25) is 5.91 Å².